The Kier molecular flexibility index (Phi) is 3.31. The number of benzene rings is 1. The number of halogens is 1. The first kappa shape index (κ1) is 11.9. The standard InChI is InChI=1S/C9H12FNO3S/c1-6(15(11,12)13)9-7(10)4-3-5-8(9)14-2/h3-6H,1-2H3,(H2,11,12,13). The summed E-state index contributed by atoms with van der Waals surface area (Å²) in [6.07, 6.45) is 0. The molecule has 0 aliphatic carbocycles. The Hall–Kier alpha value is -1.14. The van der Waals surface area contributed by atoms with Crippen molar-refractivity contribution >= 4 is 10.0 Å². The summed E-state index contributed by atoms with van der Waals surface area (Å²) >= 11 is 0. The van der Waals surface area contributed by atoms with Crippen molar-refractivity contribution in [2.75, 3.05) is 7.11 Å². The van der Waals surface area contributed by atoms with E-state index >= 15 is 0 Å². The van der Waals surface area contributed by atoms with Crippen LogP contribution < -0.4 is 9.88 Å². The summed E-state index contributed by atoms with van der Waals surface area (Å²) in [6.45, 7) is 1.32. The zero-order valence-corrected chi connectivity index (χ0v) is 9.21. The lowest BCUT2D eigenvalue weighted by Gasteiger charge is -2.14. The maximum atomic E-state index is 13.4. The Labute approximate surface area is 87.9 Å². The summed E-state index contributed by atoms with van der Waals surface area (Å²) in [5.41, 5.74) is -0.0394. The average molecular weight is 233 g/mol. The quantitative estimate of drug-likeness (QED) is 0.852. The fourth-order valence-corrected chi connectivity index (χ4v) is 1.81. The zero-order valence-electron chi connectivity index (χ0n) is 8.40. The normalized spacial score (nSPS) is 13.6. The number of hydrogen-bond acceptors (Lipinski definition) is 3. The minimum absolute atomic E-state index is 0.0394. The average Bonchev–Trinajstić information content (AvgIpc) is 2.15. The summed E-state index contributed by atoms with van der Waals surface area (Å²) in [5, 5.41) is 3.82. The lowest BCUT2D eigenvalue weighted by Crippen LogP contribution is -2.20. The highest BCUT2D eigenvalue weighted by Crippen LogP contribution is 2.31. The van der Waals surface area contributed by atoms with E-state index in [9.17, 15) is 12.8 Å². The monoisotopic (exact) mass is 233 g/mol. The van der Waals surface area contributed by atoms with Gasteiger partial charge in [0.1, 0.15) is 16.8 Å². The van der Waals surface area contributed by atoms with E-state index in [1.807, 2.05) is 0 Å². The Morgan fingerprint density at radius 1 is 1.47 bits per heavy atom. The summed E-state index contributed by atoms with van der Waals surface area (Å²) in [6, 6.07) is 4.09. The third-order valence-electron chi connectivity index (χ3n) is 2.13. The molecule has 6 heteroatoms. The molecule has 84 valence electrons. The molecule has 0 aliphatic heterocycles. The Morgan fingerprint density at radius 2 is 2.07 bits per heavy atom. The molecular weight excluding hydrogens is 221 g/mol. The largest absolute Gasteiger partial charge is 0.496 e. The number of methoxy groups -OCH3 is 1. The summed E-state index contributed by atoms with van der Waals surface area (Å²) in [5.74, 6) is -0.465. The molecule has 4 nitrogen and oxygen atoms in total. The van der Waals surface area contributed by atoms with Gasteiger partial charge in [-0.1, -0.05) is 6.07 Å². The van der Waals surface area contributed by atoms with Crippen molar-refractivity contribution in [3.05, 3.63) is 29.6 Å². The van der Waals surface area contributed by atoms with Gasteiger partial charge in [0.25, 0.3) is 0 Å². The molecule has 0 radical (unpaired) electrons. The van der Waals surface area contributed by atoms with Crippen LogP contribution in [0.15, 0.2) is 18.2 Å². The molecule has 0 spiro atoms. The number of rotatable bonds is 3. The predicted molar refractivity (Wildman–Crippen MR) is 54.5 cm³/mol. The molecule has 1 atom stereocenters. The topological polar surface area (TPSA) is 69.4 Å². The summed E-state index contributed by atoms with van der Waals surface area (Å²) in [4.78, 5) is 0. The minimum Gasteiger partial charge on any atom is -0.496 e. The Morgan fingerprint density at radius 3 is 2.53 bits per heavy atom. The highest BCUT2D eigenvalue weighted by molar-refractivity contribution is 7.89. The molecule has 0 saturated heterocycles. The van der Waals surface area contributed by atoms with Gasteiger partial charge in [-0.2, -0.15) is 0 Å². The third-order valence-corrected chi connectivity index (χ3v) is 3.35. The van der Waals surface area contributed by atoms with E-state index in [0.29, 0.717) is 0 Å². The second-order valence-electron chi connectivity index (χ2n) is 3.09. The van der Waals surface area contributed by atoms with Gasteiger partial charge in [0.15, 0.2) is 0 Å². The van der Waals surface area contributed by atoms with Gasteiger partial charge >= 0.3 is 0 Å². The van der Waals surface area contributed by atoms with Gasteiger partial charge in [-0.15, -0.1) is 0 Å². The molecule has 1 rings (SSSR count). The highest BCUT2D eigenvalue weighted by atomic mass is 32.2. The van der Waals surface area contributed by atoms with Crippen LogP contribution in [0.1, 0.15) is 17.7 Å². The Bertz CT molecular complexity index is 458. The number of nitrogens with two attached hydrogens (primary N) is 1. The highest BCUT2D eigenvalue weighted by Gasteiger charge is 2.24. The molecule has 2 N–H and O–H groups in total. The van der Waals surface area contributed by atoms with Crippen molar-refractivity contribution in [2.24, 2.45) is 5.14 Å². The molecule has 0 amide bonds. The molecule has 15 heavy (non-hydrogen) atoms. The fourth-order valence-electron chi connectivity index (χ4n) is 1.25. The second-order valence-corrected chi connectivity index (χ2v) is 4.97. The number of ether oxygens (including phenoxy) is 1. The Balaban J connectivity index is 3.36. The SMILES string of the molecule is COc1cccc(F)c1C(C)S(N)(=O)=O. The first-order chi connectivity index (χ1) is 6.88. The van der Waals surface area contributed by atoms with Crippen LogP contribution >= 0.6 is 0 Å². The number of sulfonamides is 1. The maximum Gasteiger partial charge on any atom is 0.216 e. The lowest BCUT2D eigenvalue weighted by atomic mass is 10.1. The molecule has 0 heterocycles. The van der Waals surface area contributed by atoms with E-state index in [0.717, 1.165) is 0 Å². The molecule has 0 saturated carbocycles. The van der Waals surface area contributed by atoms with E-state index in [-0.39, 0.29) is 11.3 Å². The van der Waals surface area contributed by atoms with Crippen molar-refractivity contribution in [2.45, 2.75) is 12.2 Å². The van der Waals surface area contributed by atoms with E-state index in [4.69, 9.17) is 9.88 Å². The van der Waals surface area contributed by atoms with Crippen LogP contribution in [0.3, 0.4) is 0 Å². The first-order valence-electron chi connectivity index (χ1n) is 4.22. The van der Waals surface area contributed by atoms with Gasteiger partial charge in [-0.05, 0) is 19.1 Å². The first-order valence-corrected chi connectivity index (χ1v) is 5.83. The number of primary sulfonamides is 1. The van der Waals surface area contributed by atoms with Crippen LogP contribution in [-0.4, -0.2) is 15.5 Å². The predicted octanol–water partition coefficient (Wildman–Crippen LogP) is 1.18. The van der Waals surface area contributed by atoms with E-state index in [2.05, 4.69) is 0 Å². The van der Waals surface area contributed by atoms with Crippen LogP contribution in [0.4, 0.5) is 4.39 Å². The molecule has 1 aromatic carbocycles. The van der Waals surface area contributed by atoms with Crippen LogP contribution in [-0.2, 0) is 10.0 Å². The third kappa shape index (κ3) is 2.45. The van der Waals surface area contributed by atoms with Crippen molar-refractivity contribution in [1.29, 1.82) is 0 Å². The van der Waals surface area contributed by atoms with E-state index < -0.39 is 21.1 Å². The van der Waals surface area contributed by atoms with Crippen LogP contribution in [0.5, 0.6) is 5.75 Å². The molecule has 1 unspecified atom stereocenters. The molecule has 0 aromatic heterocycles. The number of hydrogen-bond donors (Lipinski definition) is 1. The molecule has 0 bridgehead atoms. The molecular formula is C9H12FNO3S. The van der Waals surface area contributed by atoms with Crippen LogP contribution in [0.2, 0.25) is 0 Å². The van der Waals surface area contributed by atoms with Crippen molar-refractivity contribution < 1.29 is 17.5 Å². The van der Waals surface area contributed by atoms with Gasteiger partial charge in [0, 0.05) is 5.56 Å². The maximum absolute atomic E-state index is 13.4. The molecule has 0 fully saturated rings. The van der Waals surface area contributed by atoms with Gasteiger partial charge in [-0.3, -0.25) is 0 Å². The molecule has 1 aromatic rings. The van der Waals surface area contributed by atoms with Gasteiger partial charge in [0.2, 0.25) is 10.0 Å². The zero-order chi connectivity index (χ0) is 11.6. The minimum atomic E-state index is -3.83. The van der Waals surface area contributed by atoms with Gasteiger partial charge < -0.3 is 4.74 Å². The van der Waals surface area contributed by atoms with Crippen molar-refractivity contribution in [3.8, 4) is 5.75 Å². The summed E-state index contributed by atoms with van der Waals surface area (Å²) < 4.78 is 40.5. The lowest BCUT2D eigenvalue weighted by molar-refractivity contribution is 0.404. The van der Waals surface area contributed by atoms with Crippen molar-refractivity contribution in [1.82, 2.24) is 0 Å². The fraction of sp³-hybridized carbons (Fsp3) is 0.333. The van der Waals surface area contributed by atoms with Crippen LogP contribution in [0.25, 0.3) is 0 Å². The molecule has 0 aliphatic rings. The van der Waals surface area contributed by atoms with E-state index in [1.165, 1.54) is 32.2 Å². The van der Waals surface area contributed by atoms with Crippen LogP contribution in [0, 0.1) is 5.82 Å². The van der Waals surface area contributed by atoms with Crippen molar-refractivity contribution in [3.63, 3.8) is 0 Å². The van der Waals surface area contributed by atoms with E-state index in [1.54, 1.807) is 0 Å². The van der Waals surface area contributed by atoms with Gasteiger partial charge in [0.05, 0.1) is 7.11 Å². The summed E-state index contributed by atoms with van der Waals surface area (Å²) in [7, 11) is -2.49. The smallest absolute Gasteiger partial charge is 0.216 e. The second kappa shape index (κ2) is 4.16. The van der Waals surface area contributed by atoms with Gasteiger partial charge in [-0.25, -0.2) is 17.9 Å².